The summed E-state index contributed by atoms with van der Waals surface area (Å²) in [4.78, 5) is 0. The zero-order valence-corrected chi connectivity index (χ0v) is 13.6. The summed E-state index contributed by atoms with van der Waals surface area (Å²) in [5.41, 5.74) is -0.305. The Morgan fingerprint density at radius 2 is 2.19 bits per heavy atom. The summed E-state index contributed by atoms with van der Waals surface area (Å²) < 4.78 is 28.8. The molecule has 6 nitrogen and oxygen atoms in total. The number of piperidine rings is 1. The second-order valence-corrected chi connectivity index (χ2v) is 7.73. The highest BCUT2D eigenvalue weighted by Crippen LogP contribution is 2.35. The van der Waals surface area contributed by atoms with Gasteiger partial charge in [0.15, 0.2) is 5.03 Å². The topological polar surface area (TPSA) is 75.4 Å². The fourth-order valence-electron chi connectivity index (χ4n) is 2.95. The van der Waals surface area contributed by atoms with Gasteiger partial charge in [0, 0.05) is 31.7 Å². The average molecular weight is 315 g/mol. The summed E-state index contributed by atoms with van der Waals surface area (Å²) in [6.07, 6.45) is 4.81. The van der Waals surface area contributed by atoms with E-state index in [0.29, 0.717) is 19.6 Å². The molecule has 0 radical (unpaired) electrons. The van der Waals surface area contributed by atoms with E-state index >= 15 is 0 Å². The Balaban J connectivity index is 2.28. The Hall–Kier alpha value is -0.920. The molecule has 1 fully saturated rings. The summed E-state index contributed by atoms with van der Waals surface area (Å²) in [6, 6.07) is 1.56. The molecule has 1 aliphatic rings. The Morgan fingerprint density at radius 1 is 1.43 bits per heavy atom. The quantitative estimate of drug-likeness (QED) is 0.862. The number of aryl methyl sites for hydroxylation is 1. The van der Waals surface area contributed by atoms with E-state index in [9.17, 15) is 13.5 Å². The first kappa shape index (κ1) is 16.5. The van der Waals surface area contributed by atoms with Crippen molar-refractivity contribution in [1.29, 1.82) is 0 Å². The zero-order valence-electron chi connectivity index (χ0n) is 12.8. The molecule has 2 rings (SSSR count). The molecule has 0 spiro atoms. The minimum absolute atomic E-state index is 0.0315. The van der Waals surface area contributed by atoms with Gasteiger partial charge in [-0.05, 0) is 31.7 Å². The maximum atomic E-state index is 12.8. The van der Waals surface area contributed by atoms with Crippen LogP contribution in [-0.2, 0) is 16.6 Å². The largest absolute Gasteiger partial charge is 0.396 e. The van der Waals surface area contributed by atoms with Crippen molar-refractivity contribution in [2.24, 2.45) is 5.41 Å². The van der Waals surface area contributed by atoms with E-state index in [-0.39, 0.29) is 17.0 Å². The third-order valence-corrected chi connectivity index (χ3v) is 6.30. The fourth-order valence-corrected chi connectivity index (χ4v) is 4.66. The van der Waals surface area contributed by atoms with Crippen LogP contribution >= 0.6 is 0 Å². The van der Waals surface area contributed by atoms with Crippen molar-refractivity contribution >= 4 is 10.0 Å². The van der Waals surface area contributed by atoms with Crippen LogP contribution in [0.4, 0.5) is 0 Å². The molecule has 1 N–H and O–H groups in total. The first-order valence-corrected chi connectivity index (χ1v) is 9.06. The molecule has 2 heterocycles. The van der Waals surface area contributed by atoms with E-state index in [0.717, 1.165) is 25.7 Å². The number of rotatable bonds is 6. The van der Waals surface area contributed by atoms with Gasteiger partial charge >= 0.3 is 0 Å². The molecule has 0 aromatic carbocycles. The lowest BCUT2D eigenvalue weighted by Crippen LogP contribution is -2.47. The summed E-state index contributed by atoms with van der Waals surface area (Å²) in [5, 5.41) is 14.0. The number of sulfonamides is 1. The summed E-state index contributed by atoms with van der Waals surface area (Å²) in [6.45, 7) is 5.53. The molecule has 21 heavy (non-hydrogen) atoms. The van der Waals surface area contributed by atoms with Crippen LogP contribution in [0, 0.1) is 5.41 Å². The third kappa shape index (κ3) is 3.14. The Morgan fingerprint density at radius 3 is 2.81 bits per heavy atom. The highest BCUT2D eigenvalue weighted by atomic mass is 32.2. The van der Waals surface area contributed by atoms with Gasteiger partial charge in [0.2, 0.25) is 0 Å². The number of aromatic nitrogens is 2. The van der Waals surface area contributed by atoms with Gasteiger partial charge in [-0.3, -0.25) is 4.68 Å². The van der Waals surface area contributed by atoms with Crippen molar-refractivity contribution in [3.8, 4) is 0 Å². The molecule has 1 aromatic heterocycles. The minimum Gasteiger partial charge on any atom is -0.396 e. The molecular weight excluding hydrogens is 290 g/mol. The predicted molar refractivity (Wildman–Crippen MR) is 80.3 cm³/mol. The monoisotopic (exact) mass is 315 g/mol. The standard InChI is InChI=1S/C14H25N3O3S/c1-3-9-17-13(6-8-15-17)21(19,20)16-10-5-7-14(4-2,11-16)12-18/h6,8,18H,3-5,7,9-12H2,1-2H3/t14-/m1/s1. The lowest BCUT2D eigenvalue weighted by molar-refractivity contribution is 0.0607. The van der Waals surface area contributed by atoms with Gasteiger partial charge in [-0.25, -0.2) is 8.42 Å². The van der Waals surface area contributed by atoms with Gasteiger partial charge < -0.3 is 5.11 Å². The van der Waals surface area contributed by atoms with Gasteiger partial charge in [-0.15, -0.1) is 0 Å². The second kappa shape index (κ2) is 6.46. The number of hydrogen-bond acceptors (Lipinski definition) is 4. The average Bonchev–Trinajstić information content (AvgIpc) is 2.96. The molecule has 0 bridgehead atoms. The predicted octanol–water partition coefficient (Wildman–Crippen LogP) is 1.47. The van der Waals surface area contributed by atoms with E-state index in [1.54, 1.807) is 10.7 Å². The molecule has 0 aliphatic carbocycles. The van der Waals surface area contributed by atoms with Crippen LogP contribution in [0.3, 0.4) is 0 Å². The van der Waals surface area contributed by atoms with E-state index in [1.165, 1.54) is 10.5 Å². The third-order valence-electron chi connectivity index (χ3n) is 4.43. The molecule has 0 saturated carbocycles. The number of aliphatic hydroxyl groups is 1. The lowest BCUT2D eigenvalue weighted by Gasteiger charge is -2.40. The van der Waals surface area contributed by atoms with Gasteiger partial charge in [0.25, 0.3) is 10.0 Å². The van der Waals surface area contributed by atoms with Crippen LogP contribution in [0.2, 0.25) is 0 Å². The second-order valence-electron chi connectivity index (χ2n) is 5.85. The smallest absolute Gasteiger partial charge is 0.260 e. The molecule has 0 amide bonds. The number of hydrogen-bond donors (Lipinski definition) is 1. The maximum Gasteiger partial charge on any atom is 0.260 e. The van der Waals surface area contributed by atoms with Crippen molar-refractivity contribution in [1.82, 2.24) is 14.1 Å². The van der Waals surface area contributed by atoms with E-state index in [1.807, 2.05) is 13.8 Å². The highest BCUT2D eigenvalue weighted by Gasteiger charge is 2.39. The SMILES string of the molecule is CCCn1nccc1S(=O)(=O)N1CCC[C@@](CC)(CO)C1. The van der Waals surface area contributed by atoms with Crippen LogP contribution in [0.15, 0.2) is 17.3 Å². The molecule has 1 aromatic rings. The summed E-state index contributed by atoms with van der Waals surface area (Å²) >= 11 is 0. The van der Waals surface area contributed by atoms with Crippen molar-refractivity contribution in [2.75, 3.05) is 19.7 Å². The van der Waals surface area contributed by atoms with Gasteiger partial charge in [0.1, 0.15) is 0 Å². The molecular formula is C14H25N3O3S. The van der Waals surface area contributed by atoms with Gasteiger partial charge in [-0.2, -0.15) is 9.40 Å². The van der Waals surface area contributed by atoms with Crippen LogP contribution < -0.4 is 0 Å². The van der Waals surface area contributed by atoms with Gasteiger partial charge in [0.05, 0.1) is 6.20 Å². The molecule has 120 valence electrons. The maximum absolute atomic E-state index is 12.8. The van der Waals surface area contributed by atoms with Crippen molar-refractivity contribution in [3.05, 3.63) is 12.3 Å². The zero-order chi connectivity index (χ0) is 15.5. The molecule has 1 saturated heterocycles. The lowest BCUT2D eigenvalue weighted by atomic mass is 9.79. The fraction of sp³-hybridized carbons (Fsp3) is 0.786. The normalized spacial score (nSPS) is 24.3. The van der Waals surface area contributed by atoms with Crippen LogP contribution in [-0.4, -0.2) is 47.3 Å². The van der Waals surface area contributed by atoms with Crippen LogP contribution in [0.5, 0.6) is 0 Å². The Labute approximate surface area is 126 Å². The first-order valence-electron chi connectivity index (χ1n) is 7.62. The highest BCUT2D eigenvalue weighted by molar-refractivity contribution is 7.89. The Bertz CT molecular complexity index is 564. The molecule has 7 heteroatoms. The molecule has 0 unspecified atom stereocenters. The Kier molecular flexibility index (Phi) is 5.06. The molecule has 1 atom stereocenters. The van der Waals surface area contributed by atoms with Gasteiger partial charge in [-0.1, -0.05) is 13.8 Å². The number of aliphatic hydroxyl groups excluding tert-OH is 1. The summed E-state index contributed by atoms with van der Waals surface area (Å²) in [7, 11) is -3.54. The summed E-state index contributed by atoms with van der Waals surface area (Å²) in [5.74, 6) is 0. The van der Waals surface area contributed by atoms with Crippen molar-refractivity contribution in [3.63, 3.8) is 0 Å². The van der Waals surface area contributed by atoms with E-state index < -0.39 is 10.0 Å². The van der Waals surface area contributed by atoms with Crippen molar-refractivity contribution < 1.29 is 13.5 Å². The van der Waals surface area contributed by atoms with E-state index in [4.69, 9.17) is 0 Å². The molecule has 1 aliphatic heterocycles. The minimum atomic E-state index is -3.54. The van der Waals surface area contributed by atoms with E-state index in [2.05, 4.69) is 5.10 Å². The first-order chi connectivity index (χ1) is 9.99. The number of nitrogens with zero attached hydrogens (tertiary/aromatic N) is 3. The van der Waals surface area contributed by atoms with Crippen molar-refractivity contribution in [2.45, 2.75) is 51.1 Å². The van der Waals surface area contributed by atoms with Crippen LogP contribution in [0.25, 0.3) is 0 Å². The van der Waals surface area contributed by atoms with Crippen LogP contribution in [0.1, 0.15) is 39.5 Å².